The fraction of sp³-hybridized carbons (Fsp3) is 0.732. The number of hydrogen-bond acceptors (Lipinski definition) is 8. The number of nitrogens with zero attached hydrogens (tertiary/aromatic N) is 5. The zero-order chi connectivity index (χ0) is 41.9. The molecule has 1 aromatic rings. The van der Waals surface area contributed by atoms with Gasteiger partial charge in [0.2, 0.25) is 18.2 Å². The van der Waals surface area contributed by atoms with Crippen LogP contribution < -0.4 is 10.6 Å². The molecule has 3 rings (SSSR count). The van der Waals surface area contributed by atoms with E-state index in [-0.39, 0.29) is 36.5 Å². The van der Waals surface area contributed by atoms with Gasteiger partial charge in [-0.05, 0) is 32.1 Å². The summed E-state index contributed by atoms with van der Waals surface area (Å²) in [5.74, 6) is -0.696. The molecule has 0 radical (unpaired) electrons. The highest BCUT2D eigenvalue weighted by molar-refractivity contribution is 5.85. The maximum absolute atomic E-state index is 12.9. The number of aliphatic carboxylic acids is 1. The van der Waals surface area contributed by atoms with Gasteiger partial charge in [0.15, 0.2) is 5.96 Å². The van der Waals surface area contributed by atoms with Crippen LogP contribution in [0.5, 0.6) is 0 Å². The van der Waals surface area contributed by atoms with Crippen LogP contribution in [0.3, 0.4) is 0 Å². The number of guanidine groups is 1. The van der Waals surface area contributed by atoms with Crippen molar-refractivity contribution in [2.24, 2.45) is 16.8 Å². The average Bonchev–Trinajstić information content (AvgIpc) is 3.65. The molecule has 0 saturated carbocycles. The van der Waals surface area contributed by atoms with E-state index in [1.165, 1.54) is 19.1 Å². The molecule has 2 aliphatic heterocycles. The van der Waals surface area contributed by atoms with Crippen molar-refractivity contribution in [1.82, 2.24) is 30.2 Å². The highest BCUT2D eigenvalue weighted by atomic mass is 16.5. The lowest BCUT2D eigenvalue weighted by atomic mass is 9.91. The molecule has 0 bridgehead atoms. The number of benzene rings is 1. The second kappa shape index (κ2) is 29.5. The smallest absolute Gasteiger partial charge is 0.322 e. The number of rotatable bonds is 15. The molecule has 14 nitrogen and oxygen atoms in total. The van der Waals surface area contributed by atoms with E-state index in [1.54, 1.807) is 18.9 Å². The van der Waals surface area contributed by atoms with Crippen molar-refractivity contribution in [3.63, 3.8) is 0 Å². The lowest BCUT2D eigenvalue weighted by Crippen LogP contribution is -2.52. The third kappa shape index (κ3) is 19.1. The Labute approximate surface area is 332 Å². The lowest BCUT2D eigenvalue weighted by Gasteiger charge is -2.37. The molecule has 0 spiro atoms. The fourth-order valence-corrected chi connectivity index (χ4v) is 6.59. The summed E-state index contributed by atoms with van der Waals surface area (Å²) >= 11 is 0. The largest absolute Gasteiger partial charge is 0.480 e. The second-order valence-corrected chi connectivity index (χ2v) is 14.3. The number of ether oxygens (including phenoxy) is 2. The summed E-state index contributed by atoms with van der Waals surface area (Å²) in [5.41, 5.74) is 1.32. The van der Waals surface area contributed by atoms with Crippen LogP contribution in [0.1, 0.15) is 79.2 Å². The number of amides is 3. The first-order valence-corrected chi connectivity index (χ1v) is 19.9. The van der Waals surface area contributed by atoms with Crippen molar-refractivity contribution in [3.05, 3.63) is 35.9 Å². The molecule has 0 aliphatic carbocycles. The number of aliphatic imine (C=N–C) groups is 1. The van der Waals surface area contributed by atoms with E-state index in [1.807, 2.05) is 49.1 Å². The Balaban J connectivity index is 0.000000869. The van der Waals surface area contributed by atoms with Gasteiger partial charge in [0.25, 0.3) is 0 Å². The number of piperazine rings is 1. The highest BCUT2D eigenvalue weighted by Gasteiger charge is 2.37. The van der Waals surface area contributed by atoms with Crippen molar-refractivity contribution >= 4 is 30.2 Å². The zero-order valence-electron chi connectivity index (χ0n) is 36.0. The molecule has 3 N–H and O–H groups in total. The number of carboxylic acids is 1. The van der Waals surface area contributed by atoms with E-state index in [2.05, 4.69) is 74.2 Å². The van der Waals surface area contributed by atoms with Gasteiger partial charge in [0, 0.05) is 68.1 Å². The molecule has 2 saturated heterocycles. The van der Waals surface area contributed by atoms with Gasteiger partial charge in [0.1, 0.15) is 13.1 Å². The van der Waals surface area contributed by atoms with E-state index in [9.17, 15) is 19.2 Å². The molecule has 6 atom stereocenters. The predicted molar refractivity (Wildman–Crippen MR) is 221 cm³/mol. The topological polar surface area (TPSA) is 156 Å². The van der Waals surface area contributed by atoms with Gasteiger partial charge in [-0.15, -0.1) is 0 Å². The zero-order valence-corrected chi connectivity index (χ0v) is 36.0. The normalized spacial score (nSPS) is 18.0. The molecule has 2 fully saturated rings. The van der Waals surface area contributed by atoms with Crippen LogP contribution in [-0.2, 0) is 28.7 Å². The minimum atomic E-state index is -1.09. The third-order valence-electron chi connectivity index (χ3n) is 9.70. The summed E-state index contributed by atoms with van der Waals surface area (Å²) in [4.78, 5) is 58.4. The molecule has 2 heterocycles. The number of methoxy groups -OCH3 is 2. The molecule has 2 aliphatic rings. The number of likely N-dealkylation sites (tertiary alicyclic amines) is 1. The number of carbonyl (C=O) groups excluding carboxylic acids is 3. The third-order valence-corrected chi connectivity index (χ3v) is 9.70. The number of carbonyl (C=O) groups is 4. The standard InChI is InChI=1S/C19H39N5O2.C12H20N2O5.C7H8.C3H8/c1-8-15(3)18(16(9-2)26-7)23(6)17(25)14-21-19(22(4)5)24-12-10-20-11-13-24;1-8(12(18)13-6-10(16)17)11(19-2)9-4-3-5-14(9)7-15;1-7-5-3-2-4-6-7;1-3-2/h15-16,18,20H,8-14H2,1-7H3;7-9,11H,3-6H2,1-2H3,(H,13,18)(H,16,17);2-6H,1H3;3H2,1-2H3. The molecule has 14 heteroatoms. The van der Waals surface area contributed by atoms with Crippen LogP contribution in [0, 0.1) is 18.8 Å². The van der Waals surface area contributed by atoms with Crippen molar-refractivity contribution in [2.75, 3.05) is 81.2 Å². The van der Waals surface area contributed by atoms with Gasteiger partial charge in [-0.25, -0.2) is 4.99 Å². The van der Waals surface area contributed by atoms with Crippen LogP contribution in [0.25, 0.3) is 0 Å². The monoisotopic (exact) mass is 778 g/mol. The quantitative estimate of drug-likeness (QED) is 0.135. The summed E-state index contributed by atoms with van der Waals surface area (Å²) in [6.07, 6.45) is 5.20. The average molecular weight is 778 g/mol. The molecule has 1 aromatic carbocycles. The summed E-state index contributed by atoms with van der Waals surface area (Å²) in [7, 11) is 9.07. The first kappa shape index (κ1) is 51.2. The molecule has 55 heavy (non-hydrogen) atoms. The number of carboxylic acid groups (broad SMARTS) is 1. The van der Waals surface area contributed by atoms with Crippen molar-refractivity contribution in [2.45, 2.75) is 105 Å². The van der Waals surface area contributed by atoms with Gasteiger partial charge in [-0.1, -0.05) is 90.3 Å². The fourth-order valence-electron chi connectivity index (χ4n) is 6.59. The number of likely N-dealkylation sites (N-methyl/N-ethyl adjacent to an activating group) is 1. The van der Waals surface area contributed by atoms with Crippen LogP contribution in [-0.4, -0.2) is 160 Å². The van der Waals surface area contributed by atoms with Gasteiger partial charge >= 0.3 is 5.97 Å². The predicted octanol–water partition coefficient (Wildman–Crippen LogP) is 3.98. The molecule has 6 unspecified atom stereocenters. The Morgan fingerprint density at radius 3 is 2.04 bits per heavy atom. The van der Waals surface area contributed by atoms with Crippen molar-refractivity contribution in [3.8, 4) is 0 Å². The summed E-state index contributed by atoms with van der Waals surface area (Å²) in [6.45, 7) is 18.6. The summed E-state index contributed by atoms with van der Waals surface area (Å²) < 4.78 is 11.0. The van der Waals surface area contributed by atoms with E-state index in [0.29, 0.717) is 12.5 Å². The Morgan fingerprint density at radius 2 is 1.60 bits per heavy atom. The van der Waals surface area contributed by atoms with Crippen molar-refractivity contribution in [1.29, 1.82) is 0 Å². The first-order valence-electron chi connectivity index (χ1n) is 19.9. The Kier molecular flexibility index (Phi) is 27.5. The number of nitrogens with one attached hydrogen (secondary N) is 2. The molecule has 3 amide bonds. The highest BCUT2D eigenvalue weighted by Crippen LogP contribution is 2.25. The Hall–Kier alpha value is -3.75. The van der Waals surface area contributed by atoms with E-state index < -0.39 is 24.5 Å². The minimum Gasteiger partial charge on any atom is -0.480 e. The second-order valence-electron chi connectivity index (χ2n) is 14.3. The summed E-state index contributed by atoms with van der Waals surface area (Å²) in [5, 5.41) is 14.2. The Morgan fingerprint density at radius 1 is 1.00 bits per heavy atom. The SMILES string of the molecule is CCC.CCC(C)C(C(CC)OC)N(C)C(=O)CN=C(N(C)C)N1CCNCC1.COC(C(C)C(=O)NCC(=O)O)C1CCCN1C=O.Cc1ccccc1. The van der Waals surface area contributed by atoms with Gasteiger partial charge in [-0.3, -0.25) is 19.2 Å². The molecule has 316 valence electrons. The van der Waals surface area contributed by atoms with E-state index in [4.69, 9.17) is 14.6 Å². The Bertz CT molecular complexity index is 1230. The molecular weight excluding hydrogens is 702 g/mol. The first-order chi connectivity index (χ1) is 26.2. The van der Waals surface area contributed by atoms with E-state index >= 15 is 0 Å². The maximum atomic E-state index is 12.9. The van der Waals surface area contributed by atoms with Crippen molar-refractivity contribution < 1.29 is 33.8 Å². The van der Waals surface area contributed by atoms with Crippen LogP contribution in [0.15, 0.2) is 35.3 Å². The number of aryl methyl sites for hydroxylation is 1. The van der Waals surface area contributed by atoms with Gasteiger partial charge in [-0.2, -0.15) is 0 Å². The number of hydrogen-bond donors (Lipinski definition) is 3. The molecular formula is C41H75N7O7. The van der Waals surface area contributed by atoms with Gasteiger partial charge in [0.05, 0.1) is 30.2 Å². The summed E-state index contributed by atoms with van der Waals surface area (Å²) in [6, 6.07) is 10.2. The molecule has 0 aromatic heterocycles. The minimum absolute atomic E-state index is 0.0419. The van der Waals surface area contributed by atoms with E-state index in [0.717, 1.165) is 64.2 Å². The maximum Gasteiger partial charge on any atom is 0.322 e. The van der Waals surface area contributed by atoms with Crippen LogP contribution >= 0.6 is 0 Å². The lowest BCUT2D eigenvalue weighted by molar-refractivity contribution is -0.140. The van der Waals surface area contributed by atoms with Crippen LogP contribution in [0.4, 0.5) is 0 Å². The van der Waals surface area contributed by atoms with Crippen LogP contribution in [0.2, 0.25) is 0 Å². The van der Waals surface area contributed by atoms with Gasteiger partial charge < -0.3 is 44.8 Å².